The second-order valence-corrected chi connectivity index (χ2v) is 13.7. The molecular weight excluding hydrogens is 555 g/mol. The quantitative estimate of drug-likeness (QED) is 0.288. The molecule has 41 heavy (non-hydrogen) atoms. The number of rotatable bonds is 5. The average molecular weight is 584 g/mol. The second-order valence-electron chi connectivity index (χ2n) is 10.7. The Hall–Kier alpha value is -3.86. The first-order valence-corrected chi connectivity index (χ1v) is 16.1. The van der Waals surface area contributed by atoms with E-state index in [0.717, 1.165) is 34.3 Å². The maximum Gasteiger partial charge on any atom is 0.256 e. The number of fused-ring (bicyclic) bond motifs is 3. The van der Waals surface area contributed by atoms with Crippen molar-refractivity contribution in [3.8, 4) is 5.13 Å². The van der Waals surface area contributed by atoms with Crippen molar-refractivity contribution in [2.45, 2.75) is 50.5 Å². The summed E-state index contributed by atoms with van der Waals surface area (Å²) < 4.78 is 31.0. The molecule has 3 aromatic carbocycles. The minimum absolute atomic E-state index is 0.173. The van der Waals surface area contributed by atoms with Crippen LogP contribution in [-0.2, 0) is 35.8 Å². The van der Waals surface area contributed by atoms with Crippen LogP contribution in [0.15, 0.2) is 71.6 Å². The number of benzene rings is 3. The largest absolute Gasteiger partial charge is 0.306 e. The van der Waals surface area contributed by atoms with Gasteiger partial charge in [0.1, 0.15) is 5.82 Å². The van der Waals surface area contributed by atoms with E-state index in [1.165, 1.54) is 46.0 Å². The van der Waals surface area contributed by atoms with Gasteiger partial charge in [-0.2, -0.15) is 14.1 Å². The molecule has 0 fully saturated rings. The molecule has 0 radical (unpaired) electrons. The van der Waals surface area contributed by atoms with Crippen LogP contribution < -0.4 is 5.32 Å². The van der Waals surface area contributed by atoms with Crippen LogP contribution in [0.25, 0.3) is 15.3 Å². The average Bonchev–Trinajstić information content (AvgIpc) is 3.57. The number of hydrogen-bond donors (Lipinski definition) is 1. The van der Waals surface area contributed by atoms with Gasteiger partial charge in [0, 0.05) is 24.7 Å². The van der Waals surface area contributed by atoms with E-state index in [0.29, 0.717) is 36.0 Å². The molecule has 10 heteroatoms. The highest BCUT2D eigenvalue weighted by Crippen LogP contribution is 2.32. The zero-order valence-electron chi connectivity index (χ0n) is 22.6. The zero-order chi connectivity index (χ0) is 28.1. The lowest BCUT2D eigenvalue weighted by Gasteiger charge is -2.28. The standard InChI is InChI=1S/C31H29N5O3S2/c1-20-16-29(36(34-20)31-32-27-17-23-7-3-4-8-24(23)18-28(27)40-31)33-30(37)22-10-12-26(13-11-22)41(38,39)35-15-14-21-6-2-5-9-25(21)19-35/h2,5-6,9-13,16-18H,3-4,7-8,14-15,19H2,1H3,(H,33,37). The van der Waals surface area contributed by atoms with Gasteiger partial charge >= 0.3 is 0 Å². The van der Waals surface area contributed by atoms with Gasteiger partial charge in [-0.05, 0) is 97.7 Å². The maximum atomic E-state index is 13.3. The zero-order valence-corrected chi connectivity index (χ0v) is 24.3. The smallest absolute Gasteiger partial charge is 0.256 e. The highest BCUT2D eigenvalue weighted by Gasteiger charge is 2.28. The first kappa shape index (κ1) is 26.1. The predicted molar refractivity (Wildman–Crippen MR) is 160 cm³/mol. The van der Waals surface area contributed by atoms with Crippen molar-refractivity contribution in [2.24, 2.45) is 0 Å². The molecule has 1 N–H and O–H groups in total. The molecule has 2 aliphatic rings. The van der Waals surface area contributed by atoms with Crippen LogP contribution in [0.1, 0.15) is 51.1 Å². The topological polar surface area (TPSA) is 97.2 Å². The summed E-state index contributed by atoms with van der Waals surface area (Å²) in [4.78, 5) is 18.2. The molecule has 0 atom stereocenters. The van der Waals surface area contributed by atoms with Gasteiger partial charge in [-0.15, -0.1) is 0 Å². The third-order valence-electron chi connectivity index (χ3n) is 7.94. The number of amides is 1. The molecule has 1 aliphatic carbocycles. The number of carbonyl (C=O) groups excluding carboxylic acids is 1. The van der Waals surface area contributed by atoms with Crippen molar-refractivity contribution in [1.29, 1.82) is 0 Å². The highest BCUT2D eigenvalue weighted by molar-refractivity contribution is 7.89. The fourth-order valence-corrected chi connectivity index (χ4v) is 8.15. The summed E-state index contributed by atoms with van der Waals surface area (Å²) in [7, 11) is -3.68. The molecule has 1 aliphatic heterocycles. The number of anilines is 1. The molecule has 3 heterocycles. The molecular formula is C31H29N5O3S2. The van der Waals surface area contributed by atoms with Gasteiger partial charge in [0.15, 0.2) is 0 Å². The molecule has 7 rings (SSSR count). The minimum Gasteiger partial charge on any atom is -0.306 e. The minimum atomic E-state index is -3.68. The highest BCUT2D eigenvalue weighted by atomic mass is 32.2. The lowest BCUT2D eigenvalue weighted by molar-refractivity contribution is 0.102. The number of nitrogens with zero attached hydrogens (tertiary/aromatic N) is 4. The summed E-state index contributed by atoms with van der Waals surface area (Å²) in [6, 6.07) is 20.3. The van der Waals surface area contributed by atoms with E-state index in [-0.39, 0.29) is 10.8 Å². The van der Waals surface area contributed by atoms with Crippen molar-refractivity contribution >= 4 is 43.3 Å². The molecule has 8 nitrogen and oxygen atoms in total. The third-order valence-corrected chi connectivity index (χ3v) is 10.8. The number of aryl methyl sites for hydroxylation is 3. The molecule has 2 aromatic heterocycles. The Balaban J connectivity index is 1.11. The van der Waals surface area contributed by atoms with Gasteiger partial charge in [-0.25, -0.2) is 13.4 Å². The second kappa shape index (κ2) is 10.2. The van der Waals surface area contributed by atoms with E-state index in [1.54, 1.807) is 28.2 Å². The van der Waals surface area contributed by atoms with E-state index in [4.69, 9.17) is 4.98 Å². The van der Waals surface area contributed by atoms with E-state index < -0.39 is 10.0 Å². The molecule has 1 amide bonds. The predicted octanol–water partition coefficient (Wildman–Crippen LogP) is 5.67. The van der Waals surface area contributed by atoms with Gasteiger partial charge < -0.3 is 5.32 Å². The molecule has 0 saturated heterocycles. The van der Waals surface area contributed by atoms with Gasteiger partial charge in [-0.3, -0.25) is 4.79 Å². The van der Waals surface area contributed by atoms with Gasteiger partial charge in [-0.1, -0.05) is 35.6 Å². The summed E-state index contributed by atoms with van der Waals surface area (Å²) >= 11 is 1.55. The number of sulfonamides is 1. The lowest BCUT2D eigenvalue weighted by atomic mass is 9.92. The van der Waals surface area contributed by atoms with Crippen molar-refractivity contribution < 1.29 is 13.2 Å². The fraction of sp³-hybridized carbons (Fsp3) is 0.258. The summed E-state index contributed by atoms with van der Waals surface area (Å²) in [5.74, 6) is 0.165. The normalized spacial score (nSPS) is 15.4. The Morgan fingerprint density at radius 2 is 1.63 bits per heavy atom. The molecule has 0 spiro atoms. The van der Waals surface area contributed by atoms with Crippen molar-refractivity contribution in [3.05, 3.63) is 100 Å². The van der Waals surface area contributed by atoms with Crippen LogP contribution in [0.4, 0.5) is 5.82 Å². The van der Waals surface area contributed by atoms with Crippen LogP contribution in [0.5, 0.6) is 0 Å². The SMILES string of the molecule is Cc1cc(NC(=O)c2ccc(S(=O)(=O)N3CCc4ccccc4C3)cc2)n(-c2nc3cc4c(cc3s2)CCCC4)n1. The molecule has 208 valence electrons. The molecule has 0 saturated carbocycles. The lowest BCUT2D eigenvalue weighted by Crippen LogP contribution is -2.35. The Morgan fingerprint density at radius 3 is 2.41 bits per heavy atom. The van der Waals surface area contributed by atoms with Crippen LogP contribution in [-0.4, -0.2) is 39.9 Å². The van der Waals surface area contributed by atoms with Gasteiger partial charge in [0.05, 0.1) is 20.8 Å². The Kier molecular flexibility index (Phi) is 6.49. The third kappa shape index (κ3) is 4.86. The number of carbonyl (C=O) groups is 1. The van der Waals surface area contributed by atoms with E-state index >= 15 is 0 Å². The molecule has 0 unspecified atom stereocenters. The van der Waals surface area contributed by atoms with Gasteiger partial charge in [0.2, 0.25) is 15.2 Å². The summed E-state index contributed by atoms with van der Waals surface area (Å²) in [5.41, 5.74) is 7.05. The number of nitrogens with one attached hydrogen (secondary N) is 1. The molecule has 5 aromatic rings. The first-order valence-electron chi connectivity index (χ1n) is 13.8. The Morgan fingerprint density at radius 1 is 0.902 bits per heavy atom. The summed E-state index contributed by atoms with van der Waals surface area (Å²) in [6.07, 6.45) is 5.31. The Bertz CT molecular complexity index is 1870. The van der Waals surface area contributed by atoms with Crippen molar-refractivity contribution in [2.75, 3.05) is 11.9 Å². The van der Waals surface area contributed by atoms with Crippen molar-refractivity contribution in [1.82, 2.24) is 19.1 Å². The number of hydrogen-bond acceptors (Lipinski definition) is 6. The van der Waals surface area contributed by atoms with Crippen molar-refractivity contribution in [3.63, 3.8) is 0 Å². The van der Waals surface area contributed by atoms with Crippen LogP contribution in [0, 0.1) is 6.92 Å². The van der Waals surface area contributed by atoms with Crippen LogP contribution in [0.3, 0.4) is 0 Å². The fourth-order valence-electron chi connectivity index (χ4n) is 5.76. The molecule has 0 bridgehead atoms. The van der Waals surface area contributed by atoms with Crippen LogP contribution >= 0.6 is 11.3 Å². The monoisotopic (exact) mass is 583 g/mol. The van der Waals surface area contributed by atoms with E-state index in [1.807, 2.05) is 37.3 Å². The van der Waals surface area contributed by atoms with Gasteiger partial charge in [0.25, 0.3) is 5.91 Å². The number of aromatic nitrogens is 3. The first-order chi connectivity index (χ1) is 19.8. The summed E-state index contributed by atoms with van der Waals surface area (Å²) in [6.45, 7) is 2.65. The van der Waals surface area contributed by atoms with Crippen LogP contribution in [0.2, 0.25) is 0 Å². The number of thiazole rings is 1. The van der Waals surface area contributed by atoms with E-state index in [9.17, 15) is 13.2 Å². The van der Waals surface area contributed by atoms with E-state index in [2.05, 4.69) is 22.5 Å². The summed E-state index contributed by atoms with van der Waals surface area (Å²) in [5, 5.41) is 8.24. The Labute approximate surface area is 242 Å². The maximum absolute atomic E-state index is 13.3.